The molecule has 1 nitrogen and oxygen atoms in total. The highest BCUT2D eigenvalue weighted by Crippen LogP contribution is 2.59. The summed E-state index contributed by atoms with van der Waals surface area (Å²) < 4.78 is 0. The highest BCUT2D eigenvalue weighted by Gasteiger charge is 2.53. The molecule has 0 aromatic carbocycles. The van der Waals surface area contributed by atoms with Gasteiger partial charge in [0.2, 0.25) is 0 Å². The lowest BCUT2D eigenvalue weighted by Crippen LogP contribution is -2.43. The van der Waals surface area contributed by atoms with Crippen LogP contribution in [0.5, 0.6) is 0 Å². The van der Waals surface area contributed by atoms with Crippen LogP contribution < -0.4 is 5.73 Å². The molecule has 0 amide bonds. The summed E-state index contributed by atoms with van der Waals surface area (Å²) >= 11 is 0. The Labute approximate surface area is 82.1 Å². The highest BCUT2D eigenvalue weighted by molar-refractivity contribution is 5.07. The van der Waals surface area contributed by atoms with Crippen LogP contribution in [0.3, 0.4) is 0 Å². The van der Waals surface area contributed by atoms with E-state index in [0.29, 0.717) is 5.41 Å². The normalized spacial score (nSPS) is 28.6. The Hall–Kier alpha value is -0.0400. The van der Waals surface area contributed by atoms with Crippen LogP contribution in [0, 0.1) is 17.3 Å². The molecule has 2 saturated carbocycles. The first kappa shape index (κ1) is 9.51. The van der Waals surface area contributed by atoms with E-state index in [4.69, 9.17) is 5.73 Å². The molecule has 2 N–H and O–H groups in total. The molecular formula is C12H23N. The third-order valence-corrected chi connectivity index (χ3v) is 4.36. The number of hydrogen-bond donors (Lipinski definition) is 1. The quantitative estimate of drug-likeness (QED) is 0.709. The lowest BCUT2D eigenvalue weighted by atomic mass is 9.77. The Morgan fingerprint density at radius 3 is 2.23 bits per heavy atom. The molecule has 0 aromatic heterocycles. The SMILES string of the molecule is CC(CC1(C(C)(C)N)CC1)C1CC1. The zero-order valence-electron chi connectivity index (χ0n) is 9.27. The zero-order valence-corrected chi connectivity index (χ0v) is 9.27. The van der Waals surface area contributed by atoms with Gasteiger partial charge in [0.15, 0.2) is 0 Å². The predicted molar refractivity (Wildman–Crippen MR) is 56.4 cm³/mol. The Kier molecular flexibility index (Phi) is 1.99. The highest BCUT2D eigenvalue weighted by atomic mass is 14.8. The van der Waals surface area contributed by atoms with E-state index in [0.717, 1.165) is 11.8 Å². The molecule has 0 saturated heterocycles. The van der Waals surface area contributed by atoms with Gasteiger partial charge in [0.25, 0.3) is 0 Å². The van der Waals surface area contributed by atoms with Gasteiger partial charge in [0.05, 0.1) is 0 Å². The van der Waals surface area contributed by atoms with E-state index in [9.17, 15) is 0 Å². The van der Waals surface area contributed by atoms with Crippen molar-refractivity contribution in [3.05, 3.63) is 0 Å². The van der Waals surface area contributed by atoms with Gasteiger partial charge in [-0.25, -0.2) is 0 Å². The first-order valence-corrected chi connectivity index (χ1v) is 5.73. The van der Waals surface area contributed by atoms with Crippen molar-refractivity contribution in [2.45, 2.75) is 58.4 Å². The van der Waals surface area contributed by atoms with Crippen molar-refractivity contribution in [3.63, 3.8) is 0 Å². The Bertz CT molecular complexity index is 194. The van der Waals surface area contributed by atoms with Crippen LogP contribution >= 0.6 is 0 Å². The van der Waals surface area contributed by atoms with E-state index in [-0.39, 0.29) is 5.54 Å². The maximum atomic E-state index is 6.24. The second kappa shape index (κ2) is 2.73. The van der Waals surface area contributed by atoms with Gasteiger partial charge >= 0.3 is 0 Å². The maximum absolute atomic E-state index is 6.24. The number of nitrogens with two attached hydrogens (primary N) is 1. The van der Waals surface area contributed by atoms with E-state index >= 15 is 0 Å². The van der Waals surface area contributed by atoms with Gasteiger partial charge in [-0.05, 0) is 63.2 Å². The van der Waals surface area contributed by atoms with Gasteiger partial charge in [0.1, 0.15) is 0 Å². The first-order valence-electron chi connectivity index (χ1n) is 5.73. The summed E-state index contributed by atoms with van der Waals surface area (Å²) in [7, 11) is 0. The van der Waals surface area contributed by atoms with E-state index < -0.39 is 0 Å². The van der Waals surface area contributed by atoms with Crippen molar-refractivity contribution < 1.29 is 0 Å². The molecule has 2 aliphatic rings. The molecule has 0 heterocycles. The van der Waals surface area contributed by atoms with Crippen LogP contribution in [0.15, 0.2) is 0 Å². The minimum absolute atomic E-state index is 0.0517. The lowest BCUT2D eigenvalue weighted by molar-refractivity contribution is 0.228. The van der Waals surface area contributed by atoms with Crippen LogP contribution in [-0.4, -0.2) is 5.54 Å². The minimum Gasteiger partial charge on any atom is -0.325 e. The Balaban J connectivity index is 1.92. The van der Waals surface area contributed by atoms with Crippen molar-refractivity contribution in [2.24, 2.45) is 23.0 Å². The van der Waals surface area contributed by atoms with E-state index in [1.165, 1.54) is 32.1 Å². The molecule has 0 spiro atoms. The maximum Gasteiger partial charge on any atom is 0.0154 e. The second-order valence-corrected chi connectivity index (χ2v) is 6.02. The van der Waals surface area contributed by atoms with Gasteiger partial charge < -0.3 is 5.73 Å². The summed E-state index contributed by atoms with van der Waals surface area (Å²) in [4.78, 5) is 0. The predicted octanol–water partition coefficient (Wildman–Crippen LogP) is 2.94. The molecule has 76 valence electrons. The zero-order chi connectivity index (χ0) is 9.69. The fraction of sp³-hybridized carbons (Fsp3) is 1.00. The lowest BCUT2D eigenvalue weighted by Gasteiger charge is -2.33. The smallest absolute Gasteiger partial charge is 0.0154 e. The van der Waals surface area contributed by atoms with E-state index in [2.05, 4.69) is 20.8 Å². The molecule has 0 aromatic rings. The monoisotopic (exact) mass is 181 g/mol. The summed E-state index contributed by atoms with van der Waals surface area (Å²) in [5, 5.41) is 0. The molecule has 0 radical (unpaired) electrons. The van der Waals surface area contributed by atoms with Crippen LogP contribution in [-0.2, 0) is 0 Å². The van der Waals surface area contributed by atoms with Crippen LogP contribution in [0.1, 0.15) is 52.9 Å². The van der Waals surface area contributed by atoms with Crippen molar-refractivity contribution in [2.75, 3.05) is 0 Å². The fourth-order valence-electron chi connectivity index (χ4n) is 2.71. The summed E-state index contributed by atoms with van der Waals surface area (Å²) in [5.74, 6) is 1.96. The molecular weight excluding hydrogens is 158 g/mol. The molecule has 0 bridgehead atoms. The van der Waals surface area contributed by atoms with Crippen molar-refractivity contribution >= 4 is 0 Å². The van der Waals surface area contributed by atoms with Gasteiger partial charge in [-0.15, -0.1) is 0 Å². The largest absolute Gasteiger partial charge is 0.325 e. The number of rotatable bonds is 4. The van der Waals surface area contributed by atoms with Gasteiger partial charge in [0, 0.05) is 5.54 Å². The molecule has 1 atom stereocenters. The topological polar surface area (TPSA) is 26.0 Å². The van der Waals surface area contributed by atoms with Crippen LogP contribution in [0.2, 0.25) is 0 Å². The van der Waals surface area contributed by atoms with E-state index in [1.807, 2.05) is 0 Å². The van der Waals surface area contributed by atoms with Crippen molar-refractivity contribution in [1.82, 2.24) is 0 Å². The fourth-order valence-corrected chi connectivity index (χ4v) is 2.71. The Morgan fingerprint density at radius 2 is 1.92 bits per heavy atom. The van der Waals surface area contributed by atoms with Crippen molar-refractivity contribution in [1.29, 1.82) is 0 Å². The average Bonchev–Trinajstić information content (AvgIpc) is 2.81. The standard InChI is InChI=1S/C12H23N/c1-9(10-4-5-10)8-12(6-7-12)11(2,3)13/h9-10H,4-8,13H2,1-3H3. The third-order valence-electron chi connectivity index (χ3n) is 4.36. The van der Waals surface area contributed by atoms with Gasteiger partial charge in [-0.3, -0.25) is 0 Å². The third kappa shape index (κ3) is 1.76. The van der Waals surface area contributed by atoms with Crippen LogP contribution in [0.4, 0.5) is 0 Å². The molecule has 1 unspecified atom stereocenters. The van der Waals surface area contributed by atoms with Crippen molar-refractivity contribution in [3.8, 4) is 0 Å². The number of hydrogen-bond acceptors (Lipinski definition) is 1. The molecule has 2 fully saturated rings. The Morgan fingerprint density at radius 1 is 1.38 bits per heavy atom. The summed E-state index contributed by atoms with van der Waals surface area (Å²) in [6, 6.07) is 0. The molecule has 13 heavy (non-hydrogen) atoms. The molecule has 2 rings (SSSR count). The summed E-state index contributed by atoms with van der Waals surface area (Å²) in [6.45, 7) is 6.84. The molecule has 2 aliphatic carbocycles. The molecule has 0 aliphatic heterocycles. The van der Waals surface area contributed by atoms with Gasteiger partial charge in [-0.1, -0.05) is 6.92 Å². The van der Waals surface area contributed by atoms with Gasteiger partial charge in [-0.2, -0.15) is 0 Å². The van der Waals surface area contributed by atoms with E-state index in [1.54, 1.807) is 0 Å². The van der Waals surface area contributed by atoms with Crippen LogP contribution in [0.25, 0.3) is 0 Å². The second-order valence-electron chi connectivity index (χ2n) is 6.02. The first-order chi connectivity index (χ1) is 5.95. The minimum atomic E-state index is 0.0517. The molecule has 1 heteroatoms. The average molecular weight is 181 g/mol. The summed E-state index contributed by atoms with van der Waals surface area (Å²) in [5.41, 5.74) is 6.81. The summed E-state index contributed by atoms with van der Waals surface area (Å²) in [6.07, 6.45) is 7.06.